The fourth-order valence-electron chi connectivity index (χ4n) is 2.71. The van der Waals surface area contributed by atoms with Crippen molar-refractivity contribution in [1.82, 2.24) is 5.32 Å². The van der Waals surface area contributed by atoms with Gasteiger partial charge in [0.2, 0.25) is 5.91 Å². The molecule has 1 amide bonds. The van der Waals surface area contributed by atoms with Gasteiger partial charge in [0.15, 0.2) is 6.29 Å². The van der Waals surface area contributed by atoms with Gasteiger partial charge in [-0.05, 0) is 33.8 Å². The number of hydrogen-bond acceptors (Lipinski definition) is 6. The molecule has 1 rings (SSSR count). The topological polar surface area (TPSA) is 83.1 Å². The zero-order chi connectivity index (χ0) is 18.3. The Morgan fingerprint density at radius 2 is 1.96 bits per heavy atom. The first-order valence-corrected chi connectivity index (χ1v) is 8.27. The van der Waals surface area contributed by atoms with Crippen molar-refractivity contribution < 1.29 is 28.5 Å². The zero-order valence-electron chi connectivity index (χ0n) is 15.3. The van der Waals surface area contributed by atoms with Gasteiger partial charge in [-0.25, -0.2) is 4.79 Å². The van der Waals surface area contributed by atoms with Crippen molar-refractivity contribution in [2.45, 2.75) is 71.7 Å². The highest BCUT2D eigenvalue weighted by molar-refractivity contribution is 5.89. The molecular formula is C17H29NO6. The molecule has 0 heterocycles. The molecule has 1 aliphatic carbocycles. The van der Waals surface area contributed by atoms with E-state index in [0.717, 1.165) is 0 Å². The third-order valence-corrected chi connectivity index (χ3v) is 3.56. The Kier molecular flexibility index (Phi) is 8.38. The second-order valence-electron chi connectivity index (χ2n) is 5.96. The average molecular weight is 343 g/mol. The molecule has 0 bridgehead atoms. The summed E-state index contributed by atoms with van der Waals surface area (Å²) in [6.45, 7) is 9.38. The van der Waals surface area contributed by atoms with Crippen molar-refractivity contribution in [2.24, 2.45) is 0 Å². The summed E-state index contributed by atoms with van der Waals surface area (Å²) in [4.78, 5) is 23.6. The van der Waals surface area contributed by atoms with E-state index in [0.29, 0.717) is 18.6 Å². The lowest BCUT2D eigenvalue weighted by atomic mass is 9.89. The molecule has 4 atom stereocenters. The Labute approximate surface area is 143 Å². The summed E-state index contributed by atoms with van der Waals surface area (Å²) in [7, 11) is 1.33. The van der Waals surface area contributed by atoms with Crippen molar-refractivity contribution in [3.8, 4) is 0 Å². The van der Waals surface area contributed by atoms with E-state index >= 15 is 0 Å². The molecule has 0 radical (unpaired) electrons. The maximum absolute atomic E-state index is 12.0. The molecule has 0 aromatic heterocycles. The number of carbonyl (C=O) groups is 2. The first-order valence-electron chi connectivity index (χ1n) is 8.27. The van der Waals surface area contributed by atoms with Crippen LogP contribution in [0.1, 0.15) is 41.0 Å². The number of esters is 1. The van der Waals surface area contributed by atoms with Crippen molar-refractivity contribution >= 4 is 11.9 Å². The quantitative estimate of drug-likeness (QED) is 0.532. The molecule has 1 unspecified atom stereocenters. The van der Waals surface area contributed by atoms with Crippen molar-refractivity contribution in [2.75, 3.05) is 13.7 Å². The van der Waals surface area contributed by atoms with Gasteiger partial charge in [0.05, 0.1) is 31.5 Å². The van der Waals surface area contributed by atoms with E-state index in [1.54, 1.807) is 13.0 Å². The predicted octanol–water partition coefficient (Wildman–Crippen LogP) is 1.56. The molecule has 0 saturated carbocycles. The third-order valence-electron chi connectivity index (χ3n) is 3.56. The van der Waals surface area contributed by atoms with Crippen LogP contribution in [0.15, 0.2) is 11.6 Å². The van der Waals surface area contributed by atoms with E-state index < -0.39 is 30.5 Å². The molecule has 0 aromatic rings. The van der Waals surface area contributed by atoms with Crippen LogP contribution < -0.4 is 5.32 Å². The molecule has 0 aromatic carbocycles. The molecule has 0 spiro atoms. The van der Waals surface area contributed by atoms with Crippen molar-refractivity contribution in [3.63, 3.8) is 0 Å². The van der Waals surface area contributed by atoms with Gasteiger partial charge in [0.1, 0.15) is 0 Å². The molecule has 7 heteroatoms. The number of rotatable bonds is 8. The highest BCUT2D eigenvalue weighted by atomic mass is 16.7. The molecular weight excluding hydrogens is 314 g/mol. The second kappa shape index (κ2) is 9.76. The number of nitrogens with one attached hydrogen (secondary N) is 1. The molecule has 1 N–H and O–H groups in total. The lowest BCUT2D eigenvalue weighted by Crippen LogP contribution is -2.55. The molecule has 0 aliphatic heterocycles. The molecule has 24 heavy (non-hydrogen) atoms. The van der Waals surface area contributed by atoms with Gasteiger partial charge in [-0.2, -0.15) is 0 Å². The number of methoxy groups -OCH3 is 1. The lowest BCUT2D eigenvalue weighted by Gasteiger charge is -2.38. The number of amides is 1. The Hall–Kier alpha value is -1.44. The number of carbonyl (C=O) groups excluding carboxylic acids is 2. The van der Waals surface area contributed by atoms with Crippen LogP contribution in [0.2, 0.25) is 0 Å². The summed E-state index contributed by atoms with van der Waals surface area (Å²) in [5, 5.41) is 2.87. The fourth-order valence-corrected chi connectivity index (χ4v) is 2.71. The second-order valence-corrected chi connectivity index (χ2v) is 5.96. The smallest absolute Gasteiger partial charge is 0.333 e. The van der Waals surface area contributed by atoms with Gasteiger partial charge < -0.3 is 24.3 Å². The monoisotopic (exact) mass is 343 g/mol. The summed E-state index contributed by atoms with van der Waals surface area (Å²) < 4.78 is 22.0. The predicted molar refractivity (Wildman–Crippen MR) is 88.3 cm³/mol. The van der Waals surface area contributed by atoms with Crippen molar-refractivity contribution in [3.05, 3.63) is 11.6 Å². The van der Waals surface area contributed by atoms with Gasteiger partial charge in [0, 0.05) is 25.5 Å². The van der Waals surface area contributed by atoms with Gasteiger partial charge in [-0.1, -0.05) is 0 Å². The van der Waals surface area contributed by atoms with Crippen LogP contribution in [0, 0.1) is 0 Å². The molecule has 0 fully saturated rings. The highest BCUT2D eigenvalue weighted by Gasteiger charge is 2.38. The molecule has 0 saturated heterocycles. The van der Waals surface area contributed by atoms with Gasteiger partial charge in [-0.15, -0.1) is 0 Å². The molecule has 7 nitrogen and oxygen atoms in total. The summed E-state index contributed by atoms with van der Waals surface area (Å²) in [6, 6.07) is -0.416. The SMILES string of the molecule is CCOC(C)O[C@@H]1CC(C(=O)OC)=C[C@@H](OC(C)C)[C@@H]1NC(C)=O. The van der Waals surface area contributed by atoms with E-state index in [2.05, 4.69) is 5.32 Å². The van der Waals surface area contributed by atoms with Crippen LogP contribution in [0.5, 0.6) is 0 Å². The number of hydrogen-bond donors (Lipinski definition) is 1. The van der Waals surface area contributed by atoms with Crippen LogP contribution in [0.4, 0.5) is 0 Å². The first-order chi connectivity index (χ1) is 11.3. The van der Waals surface area contributed by atoms with E-state index in [1.807, 2.05) is 20.8 Å². The van der Waals surface area contributed by atoms with E-state index in [1.165, 1.54) is 14.0 Å². The Balaban J connectivity index is 3.08. The van der Waals surface area contributed by atoms with Crippen LogP contribution in [-0.4, -0.2) is 56.2 Å². The van der Waals surface area contributed by atoms with Crippen LogP contribution in [0.25, 0.3) is 0 Å². The van der Waals surface area contributed by atoms with Gasteiger partial charge in [-0.3, -0.25) is 4.79 Å². The van der Waals surface area contributed by atoms with Crippen molar-refractivity contribution in [1.29, 1.82) is 0 Å². The standard InChI is InChI=1S/C17H29NO6/c1-7-22-12(5)24-15-9-13(17(20)21-6)8-14(23-10(2)3)16(15)18-11(4)19/h8,10,12,14-16H,7,9H2,1-6H3,(H,18,19)/t12?,14-,15-,16+/m1/s1. The number of ether oxygens (including phenoxy) is 4. The van der Waals surface area contributed by atoms with Crippen LogP contribution in [0.3, 0.4) is 0 Å². The largest absolute Gasteiger partial charge is 0.466 e. The van der Waals surface area contributed by atoms with Gasteiger partial charge in [0.25, 0.3) is 0 Å². The Morgan fingerprint density at radius 3 is 2.46 bits per heavy atom. The van der Waals surface area contributed by atoms with E-state index in [-0.39, 0.29) is 12.0 Å². The summed E-state index contributed by atoms with van der Waals surface area (Å²) >= 11 is 0. The average Bonchev–Trinajstić information content (AvgIpc) is 2.48. The third kappa shape index (κ3) is 6.22. The van der Waals surface area contributed by atoms with Crippen LogP contribution in [-0.2, 0) is 28.5 Å². The Bertz CT molecular complexity index is 462. The molecule has 138 valence electrons. The normalized spacial score (nSPS) is 25.1. The van der Waals surface area contributed by atoms with Gasteiger partial charge >= 0.3 is 5.97 Å². The van der Waals surface area contributed by atoms with Crippen LogP contribution >= 0.6 is 0 Å². The lowest BCUT2D eigenvalue weighted by molar-refractivity contribution is -0.177. The Morgan fingerprint density at radius 1 is 1.29 bits per heavy atom. The summed E-state index contributed by atoms with van der Waals surface area (Å²) in [5.41, 5.74) is 0.471. The minimum absolute atomic E-state index is 0.0792. The zero-order valence-corrected chi connectivity index (χ0v) is 15.3. The molecule has 1 aliphatic rings. The fraction of sp³-hybridized carbons (Fsp3) is 0.765. The van der Waals surface area contributed by atoms with E-state index in [4.69, 9.17) is 18.9 Å². The first kappa shape index (κ1) is 20.6. The summed E-state index contributed by atoms with van der Waals surface area (Å²) in [5.74, 6) is -0.615. The summed E-state index contributed by atoms with van der Waals surface area (Å²) in [6.07, 6.45) is 0.524. The minimum Gasteiger partial charge on any atom is -0.466 e. The minimum atomic E-state index is -0.490. The maximum Gasteiger partial charge on any atom is 0.333 e. The highest BCUT2D eigenvalue weighted by Crippen LogP contribution is 2.27. The van der Waals surface area contributed by atoms with E-state index in [9.17, 15) is 9.59 Å². The maximum atomic E-state index is 12.0.